The van der Waals surface area contributed by atoms with Crippen molar-refractivity contribution in [2.45, 2.75) is 38.8 Å². The summed E-state index contributed by atoms with van der Waals surface area (Å²) in [5.41, 5.74) is 5.45. The Balaban J connectivity index is 1.84. The van der Waals surface area contributed by atoms with Crippen LogP contribution in [0, 0.1) is 6.92 Å². The zero-order chi connectivity index (χ0) is 21.3. The van der Waals surface area contributed by atoms with Crippen LogP contribution in [-0.2, 0) is 6.42 Å². The summed E-state index contributed by atoms with van der Waals surface area (Å²) in [5.74, 6) is -0.865. The highest BCUT2D eigenvalue weighted by molar-refractivity contribution is 5.93. The van der Waals surface area contributed by atoms with E-state index in [0.29, 0.717) is 5.56 Å². The second kappa shape index (κ2) is 8.62. The Morgan fingerprint density at radius 1 is 1.10 bits per heavy atom. The molecule has 0 radical (unpaired) electrons. The molecule has 1 atom stereocenters. The number of carboxylic acids is 1. The predicted molar refractivity (Wildman–Crippen MR) is 121 cm³/mol. The molecule has 1 unspecified atom stereocenters. The fourth-order valence-corrected chi connectivity index (χ4v) is 4.77. The summed E-state index contributed by atoms with van der Waals surface area (Å²) < 4.78 is 2.20. The van der Waals surface area contributed by atoms with Gasteiger partial charge in [-0.1, -0.05) is 36.8 Å². The molecule has 1 aliphatic rings. The molecule has 0 saturated carbocycles. The van der Waals surface area contributed by atoms with Gasteiger partial charge in [-0.3, -0.25) is 9.80 Å². The number of pyridine rings is 1. The molecule has 5 nitrogen and oxygen atoms in total. The highest BCUT2D eigenvalue weighted by Gasteiger charge is 2.26. The van der Waals surface area contributed by atoms with Gasteiger partial charge >= 0.3 is 5.97 Å². The van der Waals surface area contributed by atoms with Crippen molar-refractivity contribution in [2.24, 2.45) is 0 Å². The average molecular weight is 406 g/mol. The molecule has 1 N–H and O–H groups in total. The number of carboxylic acid groups (broad SMARTS) is 1. The van der Waals surface area contributed by atoms with E-state index in [1.54, 1.807) is 0 Å². The summed E-state index contributed by atoms with van der Waals surface area (Å²) >= 11 is 0. The van der Waals surface area contributed by atoms with E-state index in [1.165, 1.54) is 19.3 Å². The summed E-state index contributed by atoms with van der Waals surface area (Å²) in [6.45, 7) is 4.15. The quantitative estimate of drug-likeness (QED) is 0.655. The van der Waals surface area contributed by atoms with Crippen LogP contribution in [0.2, 0.25) is 0 Å². The van der Waals surface area contributed by atoms with Crippen molar-refractivity contribution in [1.29, 1.82) is 0 Å². The lowest BCUT2D eigenvalue weighted by atomic mass is 10.00. The summed E-state index contributed by atoms with van der Waals surface area (Å²) in [7, 11) is 4.25. The van der Waals surface area contributed by atoms with Crippen LogP contribution in [0.25, 0.3) is 16.6 Å². The van der Waals surface area contributed by atoms with Crippen molar-refractivity contribution in [2.75, 3.05) is 27.2 Å². The van der Waals surface area contributed by atoms with E-state index >= 15 is 0 Å². The highest BCUT2D eigenvalue weighted by Crippen LogP contribution is 2.31. The van der Waals surface area contributed by atoms with E-state index in [1.807, 2.05) is 31.2 Å². The molecule has 0 amide bonds. The highest BCUT2D eigenvalue weighted by atomic mass is 16.4. The van der Waals surface area contributed by atoms with Crippen molar-refractivity contribution in [1.82, 2.24) is 14.2 Å². The van der Waals surface area contributed by atoms with Crippen LogP contribution in [0.4, 0.5) is 0 Å². The molecule has 1 fully saturated rings. The number of carbonyl (C=O) groups is 1. The molecule has 1 aliphatic heterocycles. The molecule has 30 heavy (non-hydrogen) atoms. The van der Waals surface area contributed by atoms with E-state index in [9.17, 15) is 9.90 Å². The van der Waals surface area contributed by atoms with Gasteiger partial charge in [0.05, 0.1) is 17.2 Å². The number of fused-ring (bicyclic) bond motifs is 1. The number of aromatic carboxylic acids is 1. The van der Waals surface area contributed by atoms with Crippen LogP contribution in [0.3, 0.4) is 0 Å². The maximum atomic E-state index is 12.1. The molecular weight excluding hydrogens is 374 g/mol. The fourth-order valence-electron chi connectivity index (χ4n) is 4.77. The standard InChI is InChI=1S/C25H31N3O2/c1-18-21(25(29)30)16-23-20(19-10-6-4-7-11-19)12-15-28(23)22(18)17-24(26(2)3)27-13-8-5-9-14-27/h4,6-7,10-12,15-16,24H,5,8-9,13-14,17H2,1-3H3,(H,29,30). The molecule has 0 aliphatic carbocycles. The summed E-state index contributed by atoms with van der Waals surface area (Å²) in [6.07, 6.45) is 6.89. The normalized spacial score (nSPS) is 16.3. The fraction of sp³-hybridized carbons (Fsp3) is 0.400. The Morgan fingerprint density at radius 2 is 1.80 bits per heavy atom. The van der Waals surface area contributed by atoms with Crippen molar-refractivity contribution >= 4 is 11.5 Å². The van der Waals surface area contributed by atoms with Crippen LogP contribution in [0.5, 0.6) is 0 Å². The van der Waals surface area contributed by atoms with Gasteiger partial charge in [-0.15, -0.1) is 0 Å². The van der Waals surface area contributed by atoms with E-state index in [4.69, 9.17) is 0 Å². The minimum absolute atomic E-state index is 0.249. The van der Waals surface area contributed by atoms with E-state index in [2.05, 4.69) is 52.7 Å². The Hall–Kier alpha value is -2.63. The van der Waals surface area contributed by atoms with Gasteiger partial charge in [-0.05, 0) is 70.2 Å². The lowest BCUT2D eigenvalue weighted by Crippen LogP contribution is -2.49. The molecule has 3 aromatic rings. The first kappa shape index (κ1) is 20.6. The Morgan fingerprint density at radius 3 is 2.43 bits per heavy atom. The van der Waals surface area contributed by atoms with Gasteiger partial charge in [0, 0.05) is 23.9 Å². The van der Waals surface area contributed by atoms with Crippen molar-refractivity contribution < 1.29 is 9.90 Å². The third-order valence-corrected chi connectivity index (χ3v) is 6.43. The molecule has 1 saturated heterocycles. The van der Waals surface area contributed by atoms with Crippen LogP contribution in [0.1, 0.15) is 40.9 Å². The second-order valence-corrected chi connectivity index (χ2v) is 8.53. The molecular formula is C25H31N3O2. The van der Waals surface area contributed by atoms with Crippen LogP contribution in [0.15, 0.2) is 48.7 Å². The first-order valence-corrected chi connectivity index (χ1v) is 10.8. The molecule has 2 aromatic heterocycles. The molecule has 4 rings (SSSR count). The Kier molecular flexibility index (Phi) is 5.93. The van der Waals surface area contributed by atoms with E-state index in [0.717, 1.165) is 47.4 Å². The lowest BCUT2D eigenvalue weighted by molar-refractivity contribution is 0.0608. The van der Waals surface area contributed by atoms with Crippen LogP contribution < -0.4 is 0 Å². The first-order valence-electron chi connectivity index (χ1n) is 10.8. The number of benzene rings is 1. The summed E-state index contributed by atoms with van der Waals surface area (Å²) in [6, 6.07) is 14.1. The lowest BCUT2D eigenvalue weighted by Gasteiger charge is -2.39. The van der Waals surface area contributed by atoms with E-state index in [-0.39, 0.29) is 6.17 Å². The second-order valence-electron chi connectivity index (χ2n) is 8.53. The average Bonchev–Trinajstić information content (AvgIpc) is 3.17. The monoisotopic (exact) mass is 405 g/mol. The smallest absolute Gasteiger partial charge is 0.336 e. The minimum Gasteiger partial charge on any atom is -0.478 e. The third kappa shape index (κ3) is 3.87. The van der Waals surface area contributed by atoms with E-state index < -0.39 is 5.97 Å². The van der Waals surface area contributed by atoms with Gasteiger partial charge in [-0.2, -0.15) is 0 Å². The number of hydrogen-bond acceptors (Lipinski definition) is 3. The van der Waals surface area contributed by atoms with Gasteiger partial charge in [-0.25, -0.2) is 4.79 Å². The number of rotatable bonds is 6. The number of nitrogens with zero attached hydrogens (tertiary/aromatic N) is 3. The van der Waals surface area contributed by atoms with Crippen molar-refractivity contribution in [3.63, 3.8) is 0 Å². The largest absolute Gasteiger partial charge is 0.478 e. The molecule has 3 heterocycles. The van der Waals surface area contributed by atoms with Gasteiger partial charge in [0.1, 0.15) is 0 Å². The third-order valence-electron chi connectivity index (χ3n) is 6.43. The van der Waals surface area contributed by atoms with Crippen LogP contribution in [-0.4, -0.2) is 58.6 Å². The summed E-state index contributed by atoms with van der Waals surface area (Å²) in [5, 5.41) is 9.91. The first-order chi connectivity index (χ1) is 14.5. The molecule has 5 heteroatoms. The molecule has 0 spiro atoms. The Bertz CT molecular complexity index is 1030. The number of likely N-dealkylation sites (N-methyl/N-ethyl adjacent to an activating group) is 1. The maximum absolute atomic E-state index is 12.1. The number of likely N-dealkylation sites (tertiary alicyclic amines) is 1. The van der Waals surface area contributed by atoms with Crippen molar-refractivity contribution in [3.05, 3.63) is 65.5 Å². The maximum Gasteiger partial charge on any atom is 0.336 e. The molecule has 0 bridgehead atoms. The molecule has 158 valence electrons. The number of piperidine rings is 1. The Labute approximate surface area is 178 Å². The number of hydrogen-bond donors (Lipinski definition) is 1. The molecule has 1 aromatic carbocycles. The van der Waals surface area contributed by atoms with Gasteiger partial charge < -0.3 is 9.51 Å². The zero-order valence-corrected chi connectivity index (χ0v) is 18.1. The topological polar surface area (TPSA) is 48.2 Å². The minimum atomic E-state index is -0.865. The predicted octanol–water partition coefficient (Wildman–Crippen LogP) is 4.53. The van der Waals surface area contributed by atoms with Crippen LogP contribution >= 0.6 is 0 Å². The van der Waals surface area contributed by atoms with Gasteiger partial charge in [0.2, 0.25) is 0 Å². The van der Waals surface area contributed by atoms with Crippen molar-refractivity contribution in [3.8, 4) is 11.1 Å². The van der Waals surface area contributed by atoms with Gasteiger partial charge in [0.15, 0.2) is 0 Å². The zero-order valence-electron chi connectivity index (χ0n) is 18.1. The SMILES string of the molecule is Cc1c(C(=O)O)cc2c(-c3ccccc3)ccn2c1CC(N(C)C)N1CCCCC1. The summed E-state index contributed by atoms with van der Waals surface area (Å²) in [4.78, 5) is 16.9. The number of aromatic nitrogens is 1. The van der Waals surface area contributed by atoms with Gasteiger partial charge in [0.25, 0.3) is 0 Å².